The summed E-state index contributed by atoms with van der Waals surface area (Å²) < 4.78 is 0. The van der Waals surface area contributed by atoms with Gasteiger partial charge in [0.1, 0.15) is 0 Å². The van der Waals surface area contributed by atoms with Crippen molar-refractivity contribution in [1.29, 1.82) is 0 Å². The normalized spacial score (nSPS) is 39.6. The Hall–Kier alpha value is -0.760. The summed E-state index contributed by atoms with van der Waals surface area (Å²) in [4.78, 5) is 3.22. The van der Waals surface area contributed by atoms with Gasteiger partial charge in [-0.25, -0.2) is 0 Å². The smallest absolute Gasteiger partial charge is 0.0727 e. The molecule has 2 atom stereocenters. The Morgan fingerprint density at radius 3 is 2.62 bits per heavy atom. The molecular weight excluding hydrogens is 162 g/mol. The molecule has 0 aliphatic heterocycles. The van der Waals surface area contributed by atoms with Crippen LogP contribution in [0.25, 0.3) is 0 Å². The summed E-state index contributed by atoms with van der Waals surface area (Å²) in [6.45, 7) is 4.09. The average Bonchev–Trinajstić information content (AvgIpc) is 2.61. The molecule has 2 heteroatoms. The molecule has 2 nitrogen and oxygen atoms in total. The van der Waals surface area contributed by atoms with Crippen LogP contribution in [0.3, 0.4) is 0 Å². The number of hydrogen-bond acceptors (Lipinski definition) is 1. The van der Waals surface area contributed by atoms with Gasteiger partial charge >= 0.3 is 0 Å². The van der Waals surface area contributed by atoms with Gasteiger partial charge in [-0.1, -0.05) is 6.92 Å². The molecule has 0 amide bonds. The third kappa shape index (κ3) is 1.12. The first-order valence-corrected chi connectivity index (χ1v) is 4.92. The highest BCUT2D eigenvalue weighted by atomic mass is 16.3. The monoisotopic (exact) mass is 179 g/mol. The number of aromatic nitrogens is 1. The highest BCUT2D eigenvalue weighted by Gasteiger charge is 2.48. The Balaban J connectivity index is 2.40. The van der Waals surface area contributed by atoms with E-state index in [2.05, 4.69) is 18.0 Å². The van der Waals surface area contributed by atoms with E-state index in [9.17, 15) is 5.11 Å². The molecular formula is C11H17NO. The lowest BCUT2D eigenvalue weighted by Crippen LogP contribution is -2.42. The molecule has 1 aliphatic carbocycles. The molecule has 2 N–H and O–H groups in total. The molecule has 0 bridgehead atoms. The molecule has 2 unspecified atom stereocenters. The highest BCUT2D eigenvalue weighted by Crippen LogP contribution is 2.47. The van der Waals surface area contributed by atoms with Gasteiger partial charge in [-0.15, -0.1) is 0 Å². The van der Waals surface area contributed by atoms with Gasteiger partial charge in [0, 0.05) is 17.3 Å². The van der Waals surface area contributed by atoms with Crippen molar-refractivity contribution in [3.8, 4) is 0 Å². The fourth-order valence-corrected chi connectivity index (χ4v) is 2.43. The van der Waals surface area contributed by atoms with Crippen molar-refractivity contribution in [2.24, 2.45) is 0 Å². The molecule has 1 aromatic heterocycles. The predicted molar refractivity (Wildman–Crippen MR) is 52.6 cm³/mol. The molecule has 0 aromatic carbocycles. The first-order valence-electron chi connectivity index (χ1n) is 4.92. The van der Waals surface area contributed by atoms with E-state index in [1.54, 1.807) is 0 Å². The Kier molecular flexibility index (Phi) is 1.77. The summed E-state index contributed by atoms with van der Waals surface area (Å²) in [5, 5.41) is 10.3. The average molecular weight is 179 g/mol. The van der Waals surface area contributed by atoms with E-state index in [0.29, 0.717) is 0 Å². The van der Waals surface area contributed by atoms with Crippen LogP contribution in [0.2, 0.25) is 0 Å². The molecule has 72 valence electrons. The van der Waals surface area contributed by atoms with Crippen molar-refractivity contribution in [2.45, 2.75) is 44.1 Å². The molecule has 0 spiro atoms. The van der Waals surface area contributed by atoms with Gasteiger partial charge in [-0.2, -0.15) is 0 Å². The maximum Gasteiger partial charge on any atom is 0.0727 e. The van der Waals surface area contributed by atoms with Crippen LogP contribution in [0.15, 0.2) is 18.3 Å². The predicted octanol–water partition coefficient (Wildman–Crippen LogP) is 2.21. The number of hydrogen-bond donors (Lipinski definition) is 2. The molecule has 2 rings (SSSR count). The van der Waals surface area contributed by atoms with E-state index >= 15 is 0 Å². The van der Waals surface area contributed by atoms with Crippen LogP contribution in [0.1, 0.15) is 38.8 Å². The van der Waals surface area contributed by atoms with Crippen LogP contribution in [-0.2, 0) is 5.41 Å². The fourth-order valence-electron chi connectivity index (χ4n) is 2.43. The number of aromatic amines is 1. The zero-order valence-electron chi connectivity index (χ0n) is 8.30. The van der Waals surface area contributed by atoms with E-state index in [1.165, 1.54) is 0 Å². The lowest BCUT2D eigenvalue weighted by Gasteiger charge is -2.36. The van der Waals surface area contributed by atoms with Crippen LogP contribution >= 0.6 is 0 Å². The molecule has 0 radical (unpaired) electrons. The van der Waals surface area contributed by atoms with Gasteiger partial charge in [0.05, 0.1) is 5.60 Å². The highest BCUT2D eigenvalue weighted by molar-refractivity contribution is 5.24. The largest absolute Gasteiger partial charge is 0.389 e. The lowest BCUT2D eigenvalue weighted by atomic mass is 9.74. The first-order chi connectivity index (χ1) is 6.06. The third-order valence-corrected chi connectivity index (χ3v) is 3.72. The Labute approximate surface area is 79.0 Å². The first kappa shape index (κ1) is 8.82. The zero-order chi connectivity index (χ0) is 9.53. The lowest BCUT2D eigenvalue weighted by molar-refractivity contribution is 0.00535. The van der Waals surface area contributed by atoms with Crippen LogP contribution < -0.4 is 0 Å². The summed E-state index contributed by atoms with van der Waals surface area (Å²) in [7, 11) is 0. The summed E-state index contributed by atoms with van der Waals surface area (Å²) in [6, 6.07) is 4.06. The Morgan fingerprint density at radius 2 is 2.15 bits per heavy atom. The van der Waals surface area contributed by atoms with Gasteiger partial charge in [0.2, 0.25) is 0 Å². The molecule has 1 fully saturated rings. The quantitative estimate of drug-likeness (QED) is 0.681. The summed E-state index contributed by atoms with van der Waals surface area (Å²) in [5.41, 5.74) is 0.518. The van der Waals surface area contributed by atoms with Gasteiger partial charge in [0.25, 0.3) is 0 Å². The van der Waals surface area contributed by atoms with Gasteiger partial charge in [0.15, 0.2) is 0 Å². The fraction of sp³-hybridized carbons (Fsp3) is 0.636. The maximum atomic E-state index is 10.3. The molecule has 1 heterocycles. The second-order valence-corrected chi connectivity index (χ2v) is 4.54. The van der Waals surface area contributed by atoms with Crippen LogP contribution in [0.4, 0.5) is 0 Å². The van der Waals surface area contributed by atoms with Gasteiger partial charge < -0.3 is 10.1 Å². The number of H-pyrrole nitrogens is 1. The number of aliphatic hydroxyl groups is 1. The number of nitrogens with one attached hydrogen (secondary N) is 1. The van der Waals surface area contributed by atoms with Gasteiger partial charge in [-0.05, 0) is 38.3 Å². The standard InChI is InChI=1S/C11H17NO/c1-10(9-5-3-8-12-9)6-4-7-11(10,2)13/h3,5,8,12-13H,4,6-7H2,1-2H3. The number of rotatable bonds is 1. The second kappa shape index (κ2) is 2.61. The van der Waals surface area contributed by atoms with Gasteiger partial charge in [-0.3, -0.25) is 0 Å². The summed E-state index contributed by atoms with van der Waals surface area (Å²) in [5.74, 6) is 0. The maximum absolute atomic E-state index is 10.3. The van der Waals surface area contributed by atoms with E-state index in [4.69, 9.17) is 0 Å². The van der Waals surface area contributed by atoms with Crippen LogP contribution in [0, 0.1) is 0 Å². The van der Waals surface area contributed by atoms with Crippen molar-refractivity contribution in [3.63, 3.8) is 0 Å². The SMILES string of the molecule is CC1(O)CCCC1(C)c1ccc[nH]1. The zero-order valence-corrected chi connectivity index (χ0v) is 8.30. The molecule has 1 saturated carbocycles. The van der Waals surface area contributed by atoms with Crippen molar-refractivity contribution >= 4 is 0 Å². The van der Waals surface area contributed by atoms with Crippen LogP contribution in [0.5, 0.6) is 0 Å². The molecule has 1 aromatic rings. The van der Waals surface area contributed by atoms with Crippen molar-refractivity contribution in [2.75, 3.05) is 0 Å². The molecule has 1 aliphatic rings. The summed E-state index contributed by atoms with van der Waals surface area (Å²) >= 11 is 0. The van der Waals surface area contributed by atoms with Crippen molar-refractivity contribution in [3.05, 3.63) is 24.0 Å². The topological polar surface area (TPSA) is 36.0 Å². The van der Waals surface area contributed by atoms with Crippen LogP contribution in [-0.4, -0.2) is 15.7 Å². The second-order valence-electron chi connectivity index (χ2n) is 4.54. The van der Waals surface area contributed by atoms with Crippen molar-refractivity contribution in [1.82, 2.24) is 4.98 Å². The Bertz CT molecular complexity index is 289. The van der Waals surface area contributed by atoms with E-state index in [1.807, 2.05) is 19.2 Å². The van der Waals surface area contributed by atoms with E-state index in [0.717, 1.165) is 25.0 Å². The molecule has 13 heavy (non-hydrogen) atoms. The molecule has 0 saturated heterocycles. The summed E-state index contributed by atoms with van der Waals surface area (Å²) in [6.07, 6.45) is 5.01. The Morgan fingerprint density at radius 1 is 1.38 bits per heavy atom. The van der Waals surface area contributed by atoms with E-state index < -0.39 is 5.60 Å². The van der Waals surface area contributed by atoms with E-state index in [-0.39, 0.29) is 5.41 Å². The third-order valence-electron chi connectivity index (χ3n) is 3.72. The minimum absolute atomic E-state index is 0.0868. The minimum atomic E-state index is -0.558. The van der Waals surface area contributed by atoms with Crippen molar-refractivity contribution < 1.29 is 5.11 Å². The minimum Gasteiger partial charge on any atom is -0.389 e.